The SMILES string of the molecule is CN(C)c1nc2nc(Cl)nc(-c3cc(F)c(F)cc3F)c2s1. The minimum absolute atomic E-state index is 0.0806. The van der Waals surface area contributed by atoms with Crippen molar-refractivity contribution < 1.29 is 13.2 Å². The fourth-order valence-corrected chi connectivity index (χ4v) is 2.96. The second kappa shape index (κ2) is 5.36. The maximum absolute atomic E-state index is 14.0. The Morgan fingerprint density at radius 3 is 2.36 bits per heavy atom. The molecule has 0 amide bonds. The fraction of sp³-hybridized carbons (Fsp3) is 0.154. The van der Waals surface area contributed by atoms with E-state index >= 15 is 0 Å². The van der Waals surface area contributed by atoms with Crippen LogP contribution in [0.4, 0.5) is 18.3 Å². The first kappa shape index (κ1) is 15.0. The second-order valence-electron chi connectivity index (χ2n) is 4.63. The van der Waals surface area contributed by atoms with Crippen LogP contribution in [0.25, 0.3) is 21.6 Å². The van der Waals surface area contributed by atoms with E-state index in [2.05, 4.69) is 15.0 Å². The van der Waals surface area contributed by atoms with Gasteiger partial charge in [0.2, 0.25) is 5.28 Å². The molecule has 0 N–H and O–H groups in total. The molecule has 0 spiro atoms. The van der Waals surface area contributed by atoms with Gasteiger partial charge in [-0.25, -0.2) is 18.2 Å². The monoisotopic (exact) mass is 344 g/mol. The van der Waals surface area contributed by atoms with Gasteiger partial charge in [0, 0.05) is 25.7 Å². The van der Waals surface area contributed by atoms with Gasteiger partial charge in [0.1, 0.15) is 10.5 Å². The molecular formula is C13H8ClF3N4S. The summed E-state index contributed by atoms with van der Waals surface area (Å²) < 4.78 is 41.0. The van der Waals surface area contributed by atoms with Crippen molar-refractivity contribution in [3.05, 3.63) is 34.9 Å². The van der Waals surface area contributed by atoms with E-state index in [1.165, 1.54) is 11.3 Å². The molecule has 1 aromatic carbocycles. The molecule has 0 bridgehead atoms. The Kier molecular flexibility index (Phi) is 3.65. The molecule has 0 saturated heterocycles. The van der Waals surface area contributed by atoms with Crippen LogP contribution in [0.5, 0.6) is 0 Å². The van der Waals surface area contributed by atoms with Crippen molar-refractivity contribution in [2.45, 2.75) is 0 Å². The summed E-state index contributed by atoms with van der Waals surface area (Å²) in [5.74, 6) is -3.37. The van der Waals surface area contributed by atoms with E-state index in [-0.39, 0.29) is 22.2 Å². The Morgan fingerprint density at radius 1 is 1.00 bits per heavy atom. The summed E-state index contributed by atoms with van der Waals surface area (Å²) in [5.41, 5.74) is 0.159. The number of thiazole rings is 1. The van der Waals surface area contributed by atoms with Crippen molar-refractivity contribution >= 4 is 38.4 Å². The van der Waals surface area contributed by atoms with Crippen LogP contribution in [-0.4, -0.2) is 29.0 Å². The zero-order chi connectivity index (χ0) is 16.0. The van der Waals surface area contributed by atoms with Crippen LogP contribution in [0.3, 0.4) is 0 Å². The molecule has 0 aliphatic carbocycles. The number of fused-ring (bicyclic) bond motifs is 1. The molecule has 2 heterocycles. The van der Waals surface area contributed by atoms with E-state index in [1.807, 2.05) is 0 Å². The highest BCUT2D eigenvalue weighted by Gasteiger charge is 2.19. The maximum Gasteiger partial charge on any atom is 0.225 e. The van der Waals surface area contributed by atoms with E-state index in [4.69, 9.17) is 11.6 Å². The lowest BCUT2D eigenvalue weighted by atomic mass is 10.1. The molecule has 0 aliphatic heterocycles. The lowest BCUT2D eigenvalue weighted by Gasteiger charge is -2.05. The number of halogens is 4. The van der Waals surface area contributed by atoms with Gasteiger partial charge in [-0.05, 0) is 17.7 Å². The van der Waals surface area contributed by atoms with E-state index in [0.29, 0.717) is 15.9 Å². The summed E-state index contributed by atoms with van der Waals surface area (Å²) >= 11 is 7.03. The summed E-state index contributed by atoms with van der Waals surface area (Å²) in [5, 5.41) is 0.457. The zero-order valence-electron chi connectivity index (χ0n) is 11.4. The van der Waals surface area contributed by atoms with Crippen LogP contribution in [0.2, 0.25) is 5.28 Å². The van der Waals surface area contributed by atoms with Crippen molar-refractivity contribution in [2.24, 2.45) is 0 Å². The first-order valence-electron chi connectivity index (χ1n) is 6.03. The molecule has 4 nitrogen and oxygen atoms in total. The predicted octanol–water partition coefficient (Wildman–Crippen LogP) is 3.89. The molecule has 2 aromatic heterocycles. The minimum atomic E-state index is -1.27. The van der Waals surface area contributed by atoms with Gasteiger partial charge in [0.25, 0.3) is 0 Å². The highest BCUT2D eigenvalue weighted by atomic mass is 35.5. The van der Waals surface area contributed by atoms with Crippen molar-refractivity contribution in [2.75, 3.05) is 19.0 Å². The van der Waals surface area contributed by atoms with Gasteiger partial charge in [-0.3, -0.25) is 0 Å². The van der Waals surface area contributed by atoms with Crippen LogP contribution in [0.1, 0.15) is 0 Å². The standard InChI is InChI=1S/C13H8ClF3N4S/c1-21(2)13-20-11-10(22-13)9(18-12(14)19-11)5-3-7(16)8(17)4-6(5)15/h3-4H,1-2H3. The van der Waals surface area contributed by atoms with Crippen LogP contribution in [0, 0.1) is 17.5 Å². The third-order valence-corrected chi connectivity index (χ3v) is 4.25. The van der Waals surface area contributed by atoms with E-state index in [9.17, 15) is 13.2 Å². The quantitative estimate of drug-likeness (QED) is 0.522. The van der Waals surface area contributed by atoms with E-state index in [1.54, 1.807) is 19.0 Å². The summed E-state index contributed by atoms with van der Waals surface area (Å²) in [6.45, 7) is 0. The Morgan fingerprint density at radius 2 is 1.68 bits per heavy atom. The Hall–Kier alpha value is -1.93. The van der Waals surface area contributed by atoms with E-state index < -0.39 is 17.5 Å². The average Bonchev–Trinajstić information content (AvgIpc) is 2.86. The van der Waals surface area contributed by atoms with Crippen molar-refractivity contribution in [1.82, 2.24) is 15.0 Å². The summed E-state index contributed by atoms with van der Waals surface area (Å²) in [6, 6.07) is 1.22. The van der Waals surface area contributed by atoms with Crippen LogP contribution >= 0.6 is 22.9 Å². The molecule has 0 unspecified atom stereocenters. The van der Waals surface area contributed by atoms with Crippen molar-refractivity contribution in [1.29, 1.82) is 0 Å². The molecule has 0 saturated carbocycles. The number of hydrogen-bond acceptors (Lipinski definition) is 5. The highest BCUT2D eigenvalue weighted by Crippen LogP contribution is 2.36. The number of rotatable bonds is 2. The maximum atomic E-state index is 14.0. The molecule has 0 atom stereocenters. The lowest BCUT2D eigenvalue weighted by molar-refractivity contribution is 0.496. The Labute approximate surface area is 132 Å². The Balaban J connectivity index is 2.32. The number of nitrogens with zero attached hydrogens (tertiary/aromatic N) is 4. The summed E-state index contributed by atoms with van der Waals surface area (Å²) in [4.78, 5) is 13.9. The normalized spacial score (nSPS) is 11.2. The van der Waals surface area contributed by atoms with Gasteiger partial charge < -0.3 is 4.90 Å². The molecule has 114 valence electrons. The smallest absolute Gasteiger partial charge is 0.225 e. The van der Waals surface area contributed by atoms with Crippen LogP contribution in [-0.2, 0) is 0 Å². The number of hydrogen-bond donors (Lipinski definition) is 0. The topological polar surface area (TPSA) is 41.9 Å². The lowest BCUT2D eigenvalue weighted by Crippen LogP contribution is -2.07. The zero-order valence-corrected chi connectivity index (χ0v) is 12.9. The first-order chi connectivity index (χ1) is 10.4. The Bertz CT molecular complexity index is 881. The van der Waals surface area contributed by atoms with Gasteiger partial charge in [0.15, 0.2) is 22.4 Å². The predicted molar refractivity (Wildman–Crippen MR) is 79.9 cm³/mol. The van der Waals surface area contributed by atoms with Crippen molar-refractivity contribution in [3.8, 4) is 11.3 Å². The molecule has 22 heavy (non-hydrogen) atoms. The molecule has 0 aliphatic rings. The third-order valence-electron chi connectivity index (χ3n) is 2.86. The van der Waals surface area contributed by atoms with Gasteiger partial charge in [-0.15, -0.1) is 0 Å². The highest BCUT2D eigenvalue weighted by molar-refractivity contribution is 7.22. The third kappa shape index (κ3) is 2.48. The fourth-order valence-electron chi connectivity index (χ4n) is 1.86. The van der Waals surface area contributed by atoms with Crippen LogP contribution < -0.4 is 4.90 Å². The van der Waals surface area contributed by atoms with E-state index in [0.717, 1.165) is 6.07 Å². The van der Waals surface area contributed by atoms with Gasteiger partial charge >= 0.3 is 0 Å². The second-order valence-corrected chi connectivity index (χ2v) is 5.95. The molecule has 9 heteroatoms. The van der Waals surface area contributed by atoms with Gasteiger partial charge in [-0.2, -0.15) is 9.97 Å². The molecule has 3 aromatic rings. The minimum Gasteiger partial charge on any atom is -0.354 e. The number of anilines is 1. The molecule has 0 radical (unpaired) electrons. The van der Waals surface area contributed by atoms with Gasteiger partial charge in [0.05, 0.1) is 5.69 Å². The van der Waals surface area contributed by atoms with Crippen molar-refractivity contribution in [3.63, 3.8) is 0 Å². The average molecular weight is 345 g/mol. The van der Waals surface area contributed by atoms with Crippen LogP contribution in [0.15, 0.2) is 12.1 Å². The number of benzene rings is 1. The number of aromatic nitrogens is 3. The van der Waals surface area contributed by atoms with Gasteiger partial charge in [-0.1, -0.05) is 11.3 Å². The summed E-state index contributed by atoms with van der Waals surface area (Å²) in [7, 11) is 3.56. The summed E-state index contributed by atoms with van der Waals surface area (Å²) in [6.07, 6.45) is 0. The molecule has 3 rings (SSSR count). The largest absolute Gasteiger partial charge is 0.354 e. The molecular weight excluding hydrogens is 337 g/mol. The molecule has 0 fully saturated rings. The first-order valence-corrected chi connectivity index (χ1v) is 7.22.